The highest BCUT2D eigenvalue weighted by Crippen LogP contribution is 2.17. The number of carbonyl (C=O) groups is 1. The highest BCUT2D eigenvalue weighted by Gasteiger charge is 2.13. The Morgan fingerprint density at radius 1 is 1.22 bits per heavy atom. The van der Waals surface area contributed by atoms with Crippen molar-refractivity contribution in [2.45, 2.75) is 13.0 Å². The van der Waals surface area contributed by atoms with E-state index in [9.17, 15) is 17.6 Å². The highest BCUT2D eigenvalue weighted by molar-refractivity contribution is 9.10. The lowest BCUT2D eigenvalue weighted by Crippen LogP contribution is -2.31. The van der Waals surface area contributed by atoms with Gasteiger partial charge in [-0.1, -0.05) is 46.3 Å². The molecule has 2 rings (SSSR count). The summed E-state index contributed by atoms with van der Waals surface area (Å²) in [5, 5.41) is 1.06. The van der Waals surface area contributed by atoms with Gasteiger partial charge in [0.2, 0.25) is 15.9 Å². The molecule has 0 bridgehead atoms. The molecule has 0 saturated carbocycles. The average molecular weight is 455 g/mol. The largest absolute Gasteiger partial charge is 0.341 e. The number of halogens is 2. The van der Waals surface area contributed by atoms with Crippen LogP contribution in [0.25, 0.3) is 6.08 Å². The van der Waals surface area contributed by atoms with Gasteiger partial charge in [-0.3, -0.25) is 4.79 Å². The lowest BCUT2D eigenvalue weighted by molar-refractivity contribution is -0.130. The SMILES string of the molecule is CN(Cc1cc(Br)ccc1F)C(=O)CCNS(=O)(=O)/C=C/c1ccccc1. The fourth-order valence-electron chi connectivity index (χ4n) is 2.28. The van der Waals surface area contributed by atoms with Gasteiger partial charge in [-0.05, 0) is 29.8 Å². The first-order valence-electron chi connectivity index (χ1n) is 8.17. The second kappa shape index (κ2) is 9.77. The van der Waals surface area contributed by atoms with E-state index in [0.29, 0.717) is 5.56 Å². The third kappa shape index (κ3) is 7.24. The second-order valence-electron chi connectivity index (χ2n) is 5.89. The lowest BCUT2D eigenvalue weighted by Gasteiger charge is -2.18. The number of nitrogens with zero attached hydrogens (tertiary/aromatic N) is 1. The Morgan fingerprint density at radius 3 is 2.63 bits per heavy atom. The standard InChI is InChI=1S/C19H20BrFN2O3S/c1-23(14-16-13-17(20)7-8-18(16)21)19(24)9-11-22-27(25,26)12-10-15-5-3-2-4-6-15/h2-8,10,12-13,22H,9,11,14H2,1H3/b12-10+. The maximum atomic E-state index is 13.8. The minimum atomic E-state index is -3.64. The van der Waals surface area contributed by atoms with Gasteiger partial charge >= 0.3 is 0 Å². The zero-order valence-corrected chi connectivity index (χ0v) is 17.1. The molecule has 0 radical (unpaired) electrons. The zero-order valence-electron chi connectivity index (χ0n) is 14.7. The quantitative estimate of drug-likeness (QED) is 0.663. The molecule has 1 N–H and O–H groups in total. The molecule has 0 fully saturated rings. The van der Waals surface area contributed by atoms with E-state index in [2.05, 4.69) is 20.7 Å². The minimum Gasteiger partial charge on any atom is -0.341 e. The van der Waals surface area contributed by atoms with Gasteiger partial charge in [0.05, 0.1) is 0 Å². The average Bonchev–Trinajstić information content (AvgIpc) is 2.63. The Kier molecular flexibility index (Phi) is 7.70. The molecule has 144 valence electrons. The number of carbonyl (C=O) groups excluding carboxylic acids is 1. The molecule has 0 aromatic heterocycles. The zero-order chi connectivity index (χ0) is 19.9. The predicted molar refractivity (Wildman–Crippen MR) is 108 cm³/mol. The lowest BCUT2D eigenvalue weighted by atomic mass is 10.2. The molecule has 0 heterocycles. The van der Waals surface area contributed by atoms with Gasteiger partial charge in [-0.25, -0.2) is 17.5 Å². The maximum Gasteiger partial charge on any atom is 0.233 e. The van der Waals surface area contributed by atoms with E-state index in [0.717, 1.165) is 15.4 Å². The van der Waals surface area contributed by atoms with Crippen LogP contribution in [0.3, 0.4) is 0 Å². The van der Waals surface area contributed by atoms with Crippen LogP contribution in [-0.4, -0.2) is 32.8 Å². The summed E-state index contributed by atoms with van der Waals surface area (Å²) in [7, 11) is -2.09. The minimum absolute atomic E-state index is 0.0233. The van der Waals surface area contributed by atoms with E-state index < -0.39 is 15.8 Å². The topological polar surface area (TPSA) is 66.5 Å². The molecule has 0 aliphatic rings. The molecule has 0 unspecified atom stereocenters. The molecule has 0 spiro atoms. The summed E-state index contributed by atoms with van der Waals surface area (Å²) in [5.74, 6) is -0.686. The first-order chi connectivity index (χ1) is 12.8. The Morgan fingerprint density at radius 2 is 1.93 bits per heavy atom. The van der Waals surface area contributed by atoms with Crippen molar-refractivity contribution in [3.63, 3.8) is 0 Å². The fourth-order valence-corrected chi connectivity index (χ4v) is 3.51. The van der Waals surface area contributed by atoms with Gasteiger partial charge < -0.3 is 4.90 Å². The predicted octanol–water partition coefficient (Wildman–Crippen LogP) is 3.53. The van der Waals surface area contributed by atoms with Crippen molar-refractivity contribution < 1.29 is 17.6 Å². The summed E-state index contributed by atoms with van der Waals surface area (Å²) in [6.45, 7) is 0.0658. The first kappa shape index (κ1) is 21.3. The Bertz CT molecular complexity index is 918. The van der Waals surface area contributed by atoms with Crippen molar-refractivity contribution in [1.82, 2.24) is 9.62 Å². The molecule has 0 aliphatic carbocycles. The van der Waals surface area contributed by atoms with Crippen molar-refractivity contribution in [2.24, 2.45) is 0 Å². The third-order valence-electron chi connectivity index (χ3n) is 3.72. The van der Waals surface area contributed by atoms with Crippen molar-refractivity contribution >= 4 is 37.9 Å². The van der Waals surface area contributed by atoms with Gasteiger partial charge in [0.25, 0.3) is 0 Å². The molecule has 27 heavy (non-hydrogen) atoms. The summed E-state index contributed by atoms with van der Waals surface area (Å²) in [6, 6.07) is 13.5. The molecule has 5 nitrogen and oxygen atoms in total. The fraction of sp³-hybridized carbons (Fsp3) is 0.211. The maximum absolute atomic E-state index is 13.8. The van der Waals surface area contributed by atoms with E-state index in [4.69, 9.17) is 0 Å². The number of sulfonamides is 1. The van der Waals surface area contributed by atoms with Gasteiger partial charge in [-0.2, -0.15) is 0 Å². The Hall–Kier alpha value is -2.03. The van der Waals surface area contributed by atoms with E-state index in [1.165, 1.54) is 17.0 Å². The molecule has 0 atom stereocenters. The van der Waals surface area contributed by atoms with Gasteiger partial charge in [0.1, 0.15) is 5.82 Å². The monoisotopic (exact) mass is 454 g/mol. The van der Waals surface area contributed by atoms with Crippen molar-refractivity contribution in [3.8, 4) is 0 Å². The van der Waals surface area contributed by atoms with Crippen LogP contribution in [0.5, 0.6) is 0 Å². The molecule has 0 aliphatic heterocycles. The summed E-state index contributed by atoms with van der Waals surface area (Å²) in [5.41, 5.74) is 1.14. The molecule has 1 amide bonds. The van der Waals surface area contributed by atoms with Crippen LogP contribution < -0.4 is 4.72 Å². The molecular formula is C19H20BrFN2O3S. The number of rotatable bonds is 8. The van der Waals surface area contributed by atoms with Crippen LogP contribution >= 0.6 is 15.9 Å². The molecule has 0 saturated heterocycles. The summed E-state index contributed by atoms with van der Waals surface area (Å²) in [4.78, 5) is 13.5. The van der Waals surface area contributed by atoms with Crippen LogP contribution in [0.1, 0.15) is 17.5 Å². The van der Waals surface area contributed by atoms with Gasteiger partial charge in [-0.15, -0.1) is 0 Å². The summed E-state index contributed by atoms with van der Waals surface area (Å²) in [6.07, 6.45) is 1.46. The molecule has 2 aromatic carbocycles. The molecular weight excluding hydrogens is 435 g/mol. The van der Waals surface area contributed by atoms with Crippen LogP contribution in [0.4, 0.5) is 4.39 Å². The Balaban J connectivity index is 1.84. The number of hydrogen-bond donors (Lipinski definition) is 1. The van der Waals surface area contributed by atoms with Crippen LogP contribution in [0, 0.1) is 5.82 Å². The van der Waals surface area contributed by atoms with Crippen LogP contribution in [0.2, 0.25) is 0 Å². The van der Waals surface area contributed by atoms with E-state index in [-0.39, 0.29) is 25.4 Å². The van der Waals surface area contributed by atoms with Crippen molar-refractivity contribution in [3.05, 3.63) is 75.4 Å². The van der Waals surface area contributed by atoms with Gasteiger partial charge in [0.15, 0.2) is 0 Å². The van der Waals surface area contributed by atoms with E-state index >= 15 is 0 Å². The van der Waals surface area contributed by atoms with E-state index in [1.807, 2.05) is 18.2 Å². The number of amides is 1. The third-order valence-corrected chi connectivity index (χ3v) is 5.32. The number of hydrogen-bond acceptors (Lipinski definition) is 3. The van der Waals surface area contributed by atoms with Crippen molar-refractivity contribution in [1.29, 1.82) is 0 Å². The second-order valence-corrected chi connectivity index (χ2v) is 8.45. The molecule has 8 heteroatoms. The van der Waals surface area contributed by atoms with E-state index in [1.54, 1.807) is 31.3 Å². The summed E-state index contributed by atoms with van der Waals surface area (Å²) >= 11 is 3.27. The smallest absolute Gasteiger partial charge is 0.233 e. The summed E-state index contributed by atoms with van der Waals surface area (Å²) < 4.78 is 40.7. The number of benzene rings is 2. The van der Waals surface area contributed by atoms with Crippen molar-refractivity contribution in [2.75, 3.05) is 13.6 Å². The number of nitrogens with one attached hydrogen (secondary N) is 1. The first-order valence-corrected chi connectivity index (χ1v) is 10.5. The molecule has 2 aromatic rings. The van der Waals surface area contributed by atoms with Crippen LogP contribution in [0.15, 0.2) is 58.4 Å². The highest BCUT2D eigenvalue weighted by atomic mass is 79.9. The van der Waals surface area contributed by atoms with Crippen LogP contribution in [-0.2, 0) is 21.4 Å². The van der Waals surface area contributed by atoms with Gasteiger partial charge in [0, 0.05) is 42.0 Å². The Labute approximate surface area is 167 Å². The normalized spacial score (nSPS) is 11.7.